The van der Waals surface area contributed by atoms with Gasteiger partial charge in [0.2, 0.25) is 0 Å². The van der Waals surface area contributed by atoms with E-state index in [4.69, 9.17) is 9.47 Å². The standard InChI is InChI=1S/C34H44N4O7/c1-5-18-35-31(41)25-10-9-11-27(20-25)37-32(42)36-26-16-14-24(15-17-26)19-28(22-39)38(33(43)45-34(2,3)4)21-29(40)23-44-30-12-7-6-8-13-30/h6-17,20,28-29,39-40H,5,18-19,21-23H2,1-4H3,(H,35,41)(H2,36,37,42)/t28-,29?/m0/s1. The van der Waals surface area contributed by atoms with Gasteiger partial charge >= 0.3 is 12.1 Å². The number of aliphatic hydroxyl groups is 2. The molecule has 0 aliphatic rings. The summed E-state index contributed by atoms with van der Waals surface area (Å²) in [4.78, 5) is 39.3. The van der Waals surface area contributed by atoms with Crippen LogP contribution in [-0.4, -0.2) is 77.2 Å². The number of aliphatic hydroxyl groups excluding tert-OH is 2. The largest absolute Gasteiger partial charge is 0.491 e. The number of amides is 4. The molecule has 4 amide bonds. The van der Waals surface area contributed by atoms with Crippen molar-refractivity contribution in [2.45, 2.75) is 58.3 Å². The lowest BCUT2D eigenvalue weighted by atomic mass is 10.0. The van der Waals surface area contributed by atoms with Crippen LogP contribution in [0, 0.1) is 0 Å². The van der Waals surface area contributed by atoms with Crippen LogP contribution < -0.4 is 20.7 Å². The first-order chi connectivity index (χ1) is 21.5. The number of hydrogen-bond donors (Lipinski definition) is 5. The highest BCUT2D eigenvalue weighted by molar-refractivity contribution is 6.01. The molecule has 0 radical (unpaired) electrons. The number of hydrogen-bond acceptors (Lipinski definition) is 7. The molecule has 11 heteroatoms. The molecule has 0 spiro atoms. The van der Waals surface area contributed by atoms with E-state index < -0.39 is 29.9 Å². The number of urea groups is 1. The molecule has 45 heavy (non-hydrogen) atoms. The van der Waals surface area contributed by atoms with Crippen molar-refractivity contribution in [3.8, 4) is 5.75 Å². The predicted octanol–water partition coefficient (Wildman–Crippen LogP) is 5.05. The topological polar surface area (TPSA) is 149 Å². The van der Waals surface area contributed by atoms with E-state index >= 15 is 0 Å². The first kappa shape index (κ1) is 34.9. The Kier molecular flexibility index (Phi) is 13.2. The minimum Gasteiger partial charge on any atom is -0.491 e. The van der Waals surface area contributed by atoms with Crippen LogP contribution in [0.1, 0.15) is 50.0 Å². The van der Waals surface area contributed by atoms with Gasteiger partial charge in [-0.25, -0.2) is 9.59 Å². The van der Waals surface area contributed by atoms with Crippen LogP contribution in [0.4, 0.5) is 21.0 Å². The molecule has 0 aliphatic carbocycles. The van der Waals surface area contributed by atoms with Crippen LogP contribution in [0.15, 0.2) is 78.9 Å². The zero-order chi connectivity index (χ0) is 32.8. The quantitative estimate of drug-likeness (QED) is 0.169. The molecule has 0 aromatic heterocycles. The number of benzene rings is 3. The summed E-state index contributed by atoms with van der Waals surface area (Å²) in [6, 6.07) is 21.5. The van der Waals surface area contributed by atoms with Crippen molar-refractivity contribution in [1.29, 1.82) is 0 Å². The average Bonchev–Trinajstić information content (AvgIpc) is 3.01. The molecule has 242 valence electrons. The van der Waals surface area contributed by atoms with E-state index in [1.165, 1.54) is 4.90 Å². The fourth-order valence-electron chi connectivity index (χ4n) is 4.32. The molecule has 11 nitrogen and oxygen atoms in total. The van der Waals surface area contributed by atoms with Gasteiger partial charge in [0.1, 0.15) is 24.1 Å². The normalized spacial score (nSPS) is 12.4. The maximum absolute atomic E-state index is 13.2. The third-order valence-electron chi connectivity index (χ3n) is 6.47. The molecule has 0 heterocycles. The zero-order valence-corrected chi connectivity index (χ0v) is 26.3. The van der Waals surface area contributed by atoms with E-state index in [0.717, 1.165) is 12.0 Å². The molecule has 3 rings (SSSR count). The van der Waals surface area contributed by atoms with Crippen molar-refractivity contribution in [2.75, 3.05) is 36.9 Å². The Hall–Kier alpha value is -4.61. The lowest BCUT2D eigenvalue weighted by Gasteiger charge is -2.34. The van der Waals surface area contributed by atoms with Crippen molar-refractivity contribution >= 4 is 29.4 Å². The number of nitrogens with one attached hydrogen (secondary N) is 3. The molecular formula is C34H44N4O7. The molecule has 0 saturated heterocycles. The Balaban J connectivity index is 1.63. The van der Waals surface area contributed by atoms with Gasteiger partial charge in [-0.15, -0.1) is 0 Å². The third-order valence-corrected chi connectivity index (χ3v) is 6.47. The predicted molar refractivity (Wildman–Crippen MR) is 174 cm³/mol. The van der Waals surface area contributed by atoms with Crippen molar-refractivity contribution < 1.29 is 34.1 Å². The Labute approximate surface area is 264 Å². The maximum atomic E-state index is 13.2. The highest BCUT2D eigenvalue weighted by Gasteiger charge is 2.30. The second-order valence-corrected chi connectivity index (χ2v) is 11.6. The monoisotopic (exact) mass is 620 g/mol. The van der Waals surface area contributed by atoms with Gasteiger partial charge < -0.3 is 35.6 Å². The van der Waals surface area contributed by atoms with Gasteiger partial charge in [0.05, 0.1) is 19.2 Å². The SMILES string of the molecule is CCCNC(=O)c1cccc(NC(=O)Nc2ccc(C[C@@H](CO)N(CC(O)COc3ccccc3)C(=O)OC(C)(C)C)cc2)c1. The average molecular weight is 621 g/mol. The molecule has 3 aromatic carbocycles. The van der Waals surface area contributed by atoms with Gasteiger partial charge in [0, 0.05) is 23.5 Å². The third kappa shape index (κ3) is 12.1. The second kappa shape index (κ2) is 17.0. The van der Waals surface area contributed by atoms with Crippen molar-refractivity contribution in [3.05, 3.63) is 90.0 Å². The first-order valence-corrected chi connectivity index (χ1v) is 15.0. The summed E-state index contributed by atoms with van der Waals surface area (Å²) < 4.78 is 11.2. The Morgan fingerprint density at radius 1 is 0.911 bits per heavy atom. The number of carbonyl (C=O) groups excluding carboxylic acids is 3. The van der Waals surface area contributed by atoms with Gasteiger partial charge in [-0.3, -0.25) is 9.69 Å². The van der Waals surface area contributed by atoms with Crippen molar-refractivity contribution in [2.24, 2.45) is 0 Å². The molecule has 5 N–H and O–H groups in total. The smallest absolute Gasteiger partial charge is 0.410 e. The highest BCUT2D eigenvalue weighted by atomic mass is 16.6. The number of para-hydroxylation sites is 1. The lowest BCUT2D eigenvalue weighted by Crippen LogP contribution is -2.50. The number of anilines is 2. The van der Waals surface area contributed by atoms with Gasteiger partial charge in [-0.05, 0) is 81.6 Å². The highest BCUT2D eigenvalue weighted by Crippen LogP contribution is 2.19. The Morgan fingerprint density at radius 3 is 2.24 bits per heavy atom. The van der Waals surface area contributed by atoms with E-state index in [2.05, 4.69) is 16.0 Å². The molecular weight excluding hydrogens is 576 g/mol. The number of carbonyl (C=O) groups is 3. The molecule has 0 bridgehead atoms. The molecule has 0 fully saturated rings. The number of rotatable bonds is 14. The van der Waals surface area contributed by atoms with E-state index in [0.29, 0.717) is 29.2 Å². The number of nitrogens with zero attached hydrogens (tertiary/aromatic N) is 1. The summed E-state index contributed by atoms with van der Waals surface area (Å²) in [7, 11) is 0. The molecule has 2 atom stereocenters. The summed E-state index contributed by atoms with van der Waals surface area (Å²) in [6.45, 7) is 7.22. The van der Waals surface area contributed by atoms with Crippen LogP contribution >= 0.6 is 0 Å². The molecule has 1 unspecified atom stereocenters. The van der Waals surface area contributed by atoms with Crippen LogP contribution in [0.5, 0.6) is 5.75 Å². The van der Waals surface area contributed by atoms with Crippen molar-refractivity contribution in [3.63, 3.8) is 0 Å². The molecule has 0 saturated carbocycles. The second-order valence-electron chi connectivity index (χ2n) is 11.6. The van der Waals surface area contributed by atoms with Gasteiger partial charge in [0.25, 0.3) is 5.91 Å². The summed E-state index contributed by atoms with van der Waals surface area (Å²) in [5.41, 5.74) is 1.44. The zero-order valence-electron chi connectivity index (χ0n) is 26.3. The summed E-state index contributed by atoms with van der Waals surface area (Å²) in [5, 5.41) is 29.3. The lowest BCUT2D eigenvalue weighted by molar-refractivity contribution is -0.00891. The van der Waals surface area contributed by atoms with E-state index in [9.17, 15) is 24.6 Å². The van der Waals surface area contributed by atoms with Crippen molar-refractivity contribution in [1.82, 2.24) is 10.2 Å². The molecule has 3 aromatic rings. The Bertz CT molecular complexity index is 1380. The minimum absolute atomic E-state index is 0.0553. The fourth-order valence-corrected chi connectivity index (χ4v) is 4.32. The number of ether oxygens (including phenoxy) is 2. The van der Waals surface area contributed by atoms with Crippen LogP contribution in [0.2, 0.25) is 0 Å². The summed E-state index contributed by atoms with van der Waals surface area (Å²) >= 11 is 0. The van der Waals surface area contributed by atoms with Crippen LogP contribution in [0.25, 0.3) is 0 Å². The van der Waals surface area contributed by atoms with Gasteiger partial charge in [0.15, 0.2) is 0 Å². The van der Waals surface area contributed by atoms with Crippen LogP contribution in [0.3, 0.4) is 0 Å². The summed E-state index contributed by atoms with van der Waals surface area (Å²) in [5.74, 6) is 0.378. The summed E-state index contributed by atoms with van der Waals surface area (Å²) in [6.07, 6.45) is -0.617. The fraction of sp³-hybridized carbons (Fsp3) is 0.382. The maximum Gasteiger partial charge on any atom is 0.410 e. The van der Waals surface area contributed by atoms with Gasteiger partial charge in [-0.1, -0.05) is 43.3 Å². The van der Waals surface area contributed by atoms with Gasteiger partial charge in [-0.2, -0.15) is 0 Å². The molecule has 0 aliphatic heterocycles. The Morgan fingerprint density at radius 2 is 1.60 bits per heavy atom. The minimum atomic E-state index is -1.04. The van der Waals surface area contributed by atoms with Crippen LogP contribution in [-0.2, 0) is 11.2 Å². The van der Waals surface area contributed by atoms with E-state index in [1.807, 2.05) is 25.1 Å². The first-order valence-electron chi connectivity index (χ1n) is 15.0. The van der Waals surface area contributed by atoms with E-state index in [-0.39, 0.29) is 32.1 Å². The van der Waals surface area contributed by atoms with E-state index in [1.54, 1.807) is 81.4 Å².